The zero-order chi connectivity index (χ0) is 15.3. The first kappa shape index (κ1) is 13.1. The molecule has 2 aromatic heterocycles. The molecule has 22 heavy (non-hydrogen) atoms. The van der Waals surface area contributed by atoms with Crippen molar-refractivity contribution < 1.29 is 4.39 Å². The Balaban J connectivity index is 1.91. The van der Waals surface area contributed by atoms with Gasteiger partial charge in [-0.25, -0.2) is 4.39 Å². The van der Waals surface area contributed by atoms with Crippen LogP contribution in [0.2, 0.25) is 0 Å². The summed E-state index contributed by atoms with van der Waals surface area (Å²) in [4.78, 5) is 4.16. The smallest absolute Gasteiger partial charge is 0.137 e. The largest absolute Gasteiger partial charge is 0.283 e. The van der Waals surface area contributed by atoms with Crippen molar-refractivity contribution in [2.45, 2.75) is 26.7 Å². The fraction of sp³-hybridized carbons (Fsp3) is 0.235. The first-order valence-corrected chi connectivity index (χ1v) is 7.29. The van der Waals surface area contributed by atoms with Crippen LogP contribution in [0.1, 0.15) is 22.8 Å². The highest BCUT2D eigenvalue weighted by Crippen LogP contribution is 2.32. The molecule has 0 aliphatic carbocycles. The van der Waals surface area contributed by atoms with Gasteiger partial charge in [0.05, 0.1) is 5.69 Å². The molecule has 5 heteroatoms. The SMILES string of the molecule is Cc1cncc(-c2cc3c(cc2F)-n2c(C)nnc2CC3)c1. The third-order valence-corrected chi connectivity index (χ3v) is 4.11. The lowest BCUT2D eigenvalue weighted by Crippen LogP contribution is -2.14. The minimum absolute atomic E-state index is 0.243. The highest BCUT2D eigenvalue weighted by molar-refractivity contribution is 5.67. The predicted molar refractivity (Wildman–Crippen MR) is 81.4 cm³/mol. The monoisotopic (exact) mass is 294 g/mol. The van der Waals surface area contributed by atoms with E-state index < -0.39 is 0 Å². The van der Waals surface area contributed by atoms with Crippen LogP contribution >= 0.6 is 0 Å². The van der Waals surface area contributed by atoms with Crippen LogP contribution in [0.5, 0.6) is 0 Å². The van der Waals surface area contributed by atoms with Crippen LogP contribution in [0, 0.1) is 19.7 Å². The topological polar surface area (TPSA) is 43.6 Å². The van der Waals surface area contributed by atoms with Crippen molar-refractivity contribution in [2.24, 2.45) is 0 Å². The third kappa shape index (κ3) is 1.93. The van der Waals surface area contributed by atoms with E-state index in [0.29, 0.717) is 5.56 Å². The Bertz CT molecular complexity index is 882. The molecule has 1 aliphatic rings. The molecule has 0 radical (unpaired) electrons. The average Bonchev–Trinajstić information content (AvgIpc) is 2.88. The van der Waals surface area contributed by atoms with Crippen molar-refractivity contribution in [2.75, 3.05) is 0 Å². The number of hydrogen-bond donors (Lipinski definition) is 0. The lowest BCUT2D eigenvalue weighted by atomic mass is 9.96. The van der Waals surface area contributed by atoms with E-state index in [-0.39, 0.29) is 5.82 Å². The predicted octanol–water partition coefficient (Wildman–Crippen LogP) is 3.18. The van der Waals surface area contributed by atoms with E-state index in [1.54, 1.807) is 18.5 Å². The number of rotatable bonds is 1. The molecule has 1 aromatic carbocycles. The molecule has 0 atom stereocenters. The zero-order valence-corrected chi connectivity index (χ0v) is 12.5. The number of fused-ring (bicyclic) bond motifs is 3. The van der Waals surface area contributed by atoms with Crippen molar-refractivity contribution in [1.82, 2.24) is 19.7 Å². The Hall–Kier alpha value is -2.56. The first-order valence-electron chi connectivity index (χ1n) is 7.29. The molecule has 0 fully saturated rings. The van der Waals surface area contributed by atoms with Gasteiger partial charge in [-0.1, -0.05) is 0 Å². The lowest BCUT2D eigenvalue weighted by molar-refractivity contribution is 0.625. The normalized spacial score (nSPS) is 12.9. The maximum Gasteiger partial charge on any atom is 0.137 e. The molecule has 110 valence electrons. The summed E-state index contributed by atoms with van der Waals surface area (Å²) in [6.45, 7) is 3.85. The summed E-state index contributed by atoms with van der Waals surface area (Å²) in [5.41, 5.74) is 4.40. The Morgan fingerprint density at radius 3 is 2.73 bits per heavy atom. The van der Waals surface area contributed by atoms with Gasteiger partial charge in [0, 0.05) is 29.9 Å². The quantitative estimate of drug-likeness (QED) is 0.692. The summed E-state index contributed by atoms with van der Waals surface area (Å²) in [6, 6.07) is 5.48. The highest BCUT2D eigenvalue weighted by Gasteiger charge is 2.22. The molecule has 0 saturated carbocycles. The standard InChI is InChI=1S/C17H15FN4/c1-10-5-13(9-19-8-10)14-6-12-3-4-17-21-20-11(2)22(17)16(12)7-15(14)18/h5-9H,3-4H2,1-2H3. The first-order chi connectivity index (χ1) is 10.6. The molecule has 3 heterocycles. The summed E-state index contributed by atoms with van der Waals surface area (Å²) in [5.74, 6) is 1.45. The van der Waals surface area contributed by atoms with Gasteiger partial charge < -0.3 is 0 Å². The van der Waals surface area contributed by atoms with Crippen molar-refractivity contribution in [3.63, 3.8) is 0 Å². The molecular weight excluding hydrogens is 279 g/mol. The van der Waals surface area contributed by atoms with Crippen LogP contribution in [-0.4, -0.2) is 19.7 Å². The number of aromatic nitrogens is 4. The van der Waals surface area contributed by atoms with Crippen LogP contribution in [0.25, 0.3) is 16.8 Å². The molecule has 4 nitrogen and oxygen atoms in total. The van der Waals surface area contributed by atoms with Gasteiger partial charge in [-0.2, -0.15) is 0 Å². The molecule has 3 aromatic rings. The van der Waals surface area contributed by atoms with Gasteiger partial charge in [0.25, 0.3) is 0 Å². The van der Waals surface area contributed by atoms with Gasteiger partial charge >= 0.3 is 0 Å². The van der Waals surface area contributed by atoms with E-state index >= 15 is 0 Å². The second-order valence-corrected chi connectivity index (χ2v) is 5.71. The van der Waals surface area contributed by atoms with Crippen molar-refractivity contribution >= 4 is 0 Å². The van der Waals surface area contributed by atoms with Crippen molar-refractivity contribution in [3.05, 3.63) is 59.2 Å². The van der Waals surface area contributed by atoms with Crippen LogP contribution in [0.4, 0.5) is 4.39 Å². The average molecular weight is 294 g/mol. The summed E-state index contributed by atoms with van der Waals surface area (Å²) in [7, 11) is 0. The molecule has 1 aliphatic heterocycles. The van der Waals surface area contributed by atoms with Crippen LogP contribution in [-0.2, 0) is 12.8 Å². The maximum absolute atomic E-state index is 14.6. The van der Waals surface area contributed by atoms with E-state index in [1.165, 1.54) is 0 Å². The molecule has 0 bridgehead atoms. The Morgan fingerprint density at radius 1 is 1.05 bits per heavy atom. The highest BCUT2D eigenvalue weighted by atomic mass is 19.1. The van der Waals surface area contributed by atoms with Crippen LogP contribution in [0.3, 0.4) is 0 Å². The van der Waals surface area contributed by atoms with Gasteiger partial charge in [-0.15, -0.1) is 10.2 Å². The number of nitrogens with zero attached hydrogens (tertiary/aromatic N) is 4. The van der Waals surface area contributed by atoms with Crippen LogP contribution in [0.15, 0.2) is 30.6 Å². The van der Waals surface area contributed by atoms with E-state index in [4.69, 9.17) is 0 Å². The van der Waals surface area contributed by atoms with Gasteiger partial charge in [0.1, 0.15) is 17.5 Å². The van der Waals surface area contributed by atoms with Gasteiger partial charge in [-0.05, 0) is 49.6 Å². The molecule has 0 spiro atoms. The molecule has 0 saturated heterocycles. The van der Waals surface area contributed by atoms with Gasteiger partial charge in [0.2, 0.25) is 0 Å². The molecule has 4 rings (SSSR count). The summed E-state index contributed by atoms with van der Waals surface area (Å²) in [6.07, 6.45) is 5.15. The Kier molecular flexibility index (Phi) is 2.82. The maximum atomic E-state index is 14.6. The fourth-order valence-corrected chi connectivity index (χ4v) is 3.07. The van der Waals surface area contributed by atoms with Crippen molar-refractivity contribution in [1.29, 1.82) is 0 Å². The number of hydrogen-bond acceptors (Lipinski definition) is 3. The van der Waals surface area contributed by atoms with E-state index in [9.17, 15) is 4.39 Å². The molecule has 0 unspecified atom stereocenters. The second kappa shape index (κ2) is 4.73. The fourth-order valence-electron chi connectivity index (χ4n) is 3.07. The summed E-state index contributed by atoms with van der Waals surface area (Å²) >= 11 is 0. The summed E-state index contributed by atoms with van der Waals surface area (Å²) < 4.78 is 16.6. The minimum Gasteiger partial charge on any atom is -0.283 e. The minimum atomic E-state index is -0.243. The number of halogens is 1. The second-order valence-electron chi connectivity index (χ2n) is 5.71. The molecular formula is C17H15FN4. The zero-order valence-electron chi connectivity index (χ0n) is 12.5. The van der Waals surface area contributed by atoms with Crippen LogP contribution < -0.4 is 0 Å². The van der Waals surface area contributed by atoms with Crippen molar-refractivity contribution in [3.8, 4) is 16.8 Å². The Morgan fingerprint density at radius 2 is 1.91 bits per heavy atom. The molecule has 0 N–H and O–H groups in total. The van der Waals surface area contributed by atoms with E-state index in [0.717, 1.165) is 46.9 Å². The lowest BCUT2D eigenvalue weighted by Gasteiger charge is -2.20. The number of aryl methyl sites for hydroxylation is 4. The number of pyridine rings is 1. The van der Waals surface area contributed by atoms with Gasteiger partial charge in [-0.3, -0.25) is 9.55 Å². The van der Waals surface area contributed by atoms with E-state index in [1.807, 2.05) is 30.5 Å². The van der Waals surface area contributed by atoms with Gasteiger partial charge in [0.15, 0.2) is 0 Å². The third-order valence-electron chi connectivity index (χ3n) is 4.11. The summed E-state index contributed by atoms with van der Waals surface area (Å²) in [5, 5.41) is 8.26. The molecule has 0 amide bonds. The van der Waals surface area contributed by atoms with E-state index in [2.05, 4.69) is 15.2 Å². The number of benzene rings is 1. The Labute approximate surface area is 127 Å².